The highest BCUT2D eigenvalue weighted by Crippen LogP contribution is 2.27. The molecule has 22 heavy (non-hydrogen) atoms. The molecule has 2 heterocycles. The summed E-state index contributed by atoms with van der Waals surface area (Å²) in [6, 6.07) is 3.88. The van der Waals surface area contributed by atoms with Crippen LogP contribution < -0.4 is 11.1 Å². The molecule has 2 aromatic rings. The van der Waals surface area contributed by atoms with Crippen LogP contribution in [0.15, 0.2) is 22.9 Å². The topological polar surface area (TPSA) is 111 Å². The van der Waals surface area contributed by atoms with Crippen molar-refractivity contribution >= 4 is 40.5 Å². The van der Waals surface area contributed by atoms with Crippen molar-refractivity contribution < 1.29 is 19.1 Å². The van der Waals surface area contributed by atoms with Crippen molar-refractivity contribution in [2.75, 3.05) is 13.2 Å². The van der Waals surface area contributed by atoms with Crippen LogP contribution in [0, 0.1) is 0 Å². The number of nitrogens with one attached hydrogen (secondary N) is 1. The Kier molecular flexibility index (Phi) is 5.61. The fourth-order valence-corrected chi connectivity index (χ4v) is 3.12. The van der Waals surface area contributed by atoms with Crippen LogP contribution in [0.1, 0.15) is 5.69 Å². The van der Waals surface area contributed by atoms with Crippen LogP contribution in [0.4, 0.5) is 0 Å². The van der Waals surface area contributed by atoms with Crippen LogP contribution >= 0.6 is 22.7 Å². The number of esters is 1. The molecule has 2 amide bonds. The first-order valence-corrected chi connectivity index (χ1v) is 7.99. The monoisotopic (exact) mass is 339 g/mol. The molecule has 0 unspecified atom stereocenters. The summed E-state index contributed by atoms with van der Waals surface area (Å²) in [5.41, 5.74) is 5.47. The lowest BCUT2D eigenvalue weighted by molar-refractivity contribution is -0.148. The molecule has 9 heteroatoms. The zero-order valence-corrected chi connectivity index (χ0v) is 13.0. The largest absolute Gasteiger partial charge is 0.455 e. The van der Waals surface area contributed by atoms with Crippen LogP contribution in [0.25, 0.3) is 9.88 Å². The zero-order valence-electron chi connectivity index (χ0n) is 11.4. The Morgan fingerprint density at radius 1 is 1.32 bits per heavy atom. The number of primary amides is 1. The maximum absolute atomic E-state index is 11.6. The molecule has 0 aliphatic rings. The van der Waals surface area contributed by atoms with E-state index in [2.05, 4.69) is 10.3 Å². The van der Waals surface area contributed by atoms with E-state index in [-0.39, 0.29) is 13.0 Å². The minimum atomic E-state index is -0.664. The molecule has 2 aromatic heterocycles. The molecule has 7 nitrogen and oxygen atoms in total. The predicted octanol–water partition coefficient (Wildman–Crippen LogP) is 0.559. The molecule has 3 N–H and O–H groups in total. The van der Waals surface area contributed by atoms with Crippen molar-refractivity contribution in [2.24, 2.45) is 5.73 Å². The summed E-state index contributed by atoms with van der Waals surface area (Å²) in [7, 11) is 0. The molecule has 0 radical (unpaired) electrons. The van der Waals surface area contributed by atoms with Crippen molar-refractivity contribution in [3.05, 3.63) is 28.6 Å². The second kappa shape index (κ2) is 7.66. The van der Waals surface area contributed by atoms with Crippen LogP contribution in [0.2, 0.25) is 0 Å². The summed E-state index contributed by atoms with van der Waals surface area (Å²) in [5, 5.41) is 6.80. The number of thiophene rings is 1. The number of carbonyl (C=O) groups excluding carboxylic acids is 3. The quantitative estimate of drug-likeness (QED) is 0.716. The molecule has 0 spiro atoms. The molecule has 0 aliphatic heterocycles. The number of hydrogen-bond donors (Lipinski definition) is 2. The van der Waals surface area contributed by atoms with Gasteiger partial charge in [-0.25, -0.2) is 4.98 Å². The number of aromatic nitrogens is 1. The first-order chi connectivity index (χ1) is 10.5. The molecular weight excluding hydrogens is 326 g/mol. The van der Waals surface area contributed by atoms with Crippen molar-refractivity contribution in [2.45, 2.75) is 6.42 Å². The lowest BCUT2D eigenvalue weighted by Gasteiger charge is -2.04. The van der Waals surface area contributed by atoms with Crippen LogP contribution in [-0.2, 0) is 25.5 Å². The van der Waals surface area contributed by atoms with Crippen molar-refractivity contribution in [3.8, 4) is 9.88 Å². The Balaban J connectivity index is 1.78. The SMILES string of the molecule is NC(=O)CNC(=O)COC(=O)Cc1csc(-c2cccs2)n1. The first kappa shape index (κ1) is 16.1. The van der Waals surface area contributed by atoms with Gasteiger partial charge >= 0.3 is 5.97 Å². The van der Waals surface area contributed by atoms with Crippen LogP contribution in [0.5, 0.6) is 0 Å². The Hall–Kier alpha value is -2.26. The van der Waals surface area contributed by atoms with E-state index >= 15 is 0 Å². The molecule has 2 rings (SSSR count). The number of nitrogens with two attached hydrogens (primary N) is 1. The number of ether oxygens (including phenoxy) is 1. The second-order valence-electron chi connectivity index (χ2n) is 4.20. The number of amides is 2. The molecule has 0 atom stereocenters. The van der Waals surface area contributed by atoms with E-state index in [1.807, 2.05) is 17.5 Å². The maximum Gasteiger partial charge on any atom is 0.312 e. The average Bonchev–Trinajstić information content (AvgIpc) is 3.13. The van der Waals surface area contributed by atoms with Crippen molar-refractivity contribution in [3.63, 3.8) is 0 Å². The minimum Gasteiger partial charge on any atom is -0.455 e. The Morgan fingerprint density at radius 3 is 2.82 bits per heavy atom. The lowest BCUT2D eigenvalue weighted by Crippen LogP contribution is -2.36. The fourth-order valence-electron chi connectivity index (χ4n) is 1.48. The molecule has 116 valence electrons. The summed E-state index contributed by atoms with van der Waals surface area (Å²) in [6.07, 6.45) is -0.00895. The zero-order chi connectivity index (χ0) is 15.9. The number of rotatable bonds is 7. The van der Waals surface area contributed by atoms with Gasteiger partial charge in [-0.1, -0.05) is 6.07 Å². The van der Waals surface area contributed by atoms with Gasteiger partial charge in [0, 0.05) is 5.38 Å². The highest BCUT2D eigenvalue weighted by atomic mass is 32.1. The average molecular weight is 339 g/mol. The van der Waals surface area contributed by atoms with E-state index in [0.29, 0.717) is 5.69 Å². The normalized spacial score (nSPS) is 10.2. The summed E-state index contributed by atoms with van der Waals surface area (Å²) in [4.78, 5) is 38.7. The predicted molar refractivity (Wildman–Crippen MR) is 82.3 cm³/mol. The smallest absolute Gasteiger partial charge is 0.312 e. The number of nitrogens with zero attached hydrogens (tertiary/aromatic N) is 1. The number of hydrogen-bond acceptors (Lipinski definition) is 7. The number of carbonyl (C=O) groups is 3. The highest BCUT2D eigenvalue weighted by molar-refractivity contribution is 7.20. The van der Waals surface area contributed by atoms with Gasteiger partial charge in [-0.2, -0.15) is 0 Å². The number of thiazole rings is 1. The third kappa shape index (κ3) is 4.93. The van der Waals surface area contributed by atoms with Gasteiger partial charge in [-0.3, -0.25) is 14.4 Å². The third-order valence-electron chi connectivity index (χ3n) is 2.43. The molecule has 0 saturated carbocycles. The highest BCUT2D eigenvalue weighted by Gasteiger charge is 2.12. The minimum absolute atomic E-state index is 0.00895. The van der Waals surface area contributed by atoms with E-state index in [1.165, 1.54) is 11.3 Å². The van der Waals surface area contributed by atoms with Crippen LogP contribution in [-0.4, -0.2) is 35.9 Å². The fraction of sp³-hybridized carbons (Fsp3) is 0.231. The van der Waals surface area contributed by atoms with Gasteiger partial charge in [-0.05, 0) is 11.4 Å². The van der Waals surface area contributed by atoms with Gasteiger partial charge < -0.3 is 15.8 Å². The summed E-state index contributed by atoms with van der Waals surface area (Å²) in [6.45, 7) is -0.735. The molecule has 0 bridgehead atoms. The van der Waals surface area contributed by atoms with Gasteiger partial charge in [0.05, 0.1) is 23.5 Å². The van der Waals surface area contributed by atoms with Gasteiger partial charge in [0.1, 0.15) is 5.01 Å². The molecule has 0 aliphatic carbocycles. The second-order valence-corrected chi connectivity index (χ2v) is 6.01. The molecule has 0 saturated heterocycles. The van der Waals surface area contributed by atoms with E-state index in [9.17, 15) is 14.4 Å². The lowest BCUT2D eigenvalue weighted by atomic mass is 10.3. The third-order valence-corrected chi connectivity index (χ3v) is 4.36. The van der Waals surface area contributed by atoms with Crippen LogP contribution in [0.3, 0.4) is 0 Å². The molecule has 0 aromatic carbocycles. The van der Waals surface area contributed by atoms with Gasteiger partial charge in [0.2, 0.25) is 5.91 Å². The maximum atomic E-state index is 11.6. The Morgan fingerprint density at radius 2 is 2.14 bits per heavy atom. The molecular formula is C13H13N3O4S2. The standard InChI is InChI=1S/C13H13N3O4S2/c14-10(17)5-15-11(18)6-20-12(19)4-8-7-22-13(16-8)9-2-1-3-21-9/h1-3,7H,4-6H2,(H2,14,17)(H,15,18). The van der Waals surface area contributed by atoms with E-state index in [0.717, 1.165) is 9.88 Å². The van der Waals surface area contributed by atoms with Crippen molar-refractivity contribution in [1.82, 2.24) is 10.3 Å². The van der Waals surface area contributed by atoms with Gasteiger partial charge in [0.25, 0.3) is 5.91 Å². The molecule has 0 fully saturated rings. The Labute approximate surface area is 134 Å². The van der Waals surface area contributed by atoms with E-state index < -0.39 is 24.4 Å². The first-order valence-electron chi connectivity index (χ1n) is 6.23. The van der Waals surface area contributed by atoms with Gasteiger partial charge in [-0.15, -0.1) is 22.7 Å². The van der Waals surface area contributed by atoms with Crippen molar-refractivity contribution in [1.29, 1.82) is 0 Å². The summed E-state index contributed by atoms with van der Waals surface area (Å²) < 4.78 is 4.80. The van der Waals surface area contributed by atoms with E-state index in [1.54, 1.807) is 16.7 Å². The van der Waals surface area contributed by atoms with E-state index in [4.69, 9.17) is 10.5 Å². The summed E-state index contributed by atoms with van der Waals surface area (Å²) >= 11 is 3.02. The summed E-state index contributed by atoms with van der Waals surface area (Å²) in [5.74, 6) is -1.80. The Bertz CT molecular complexity index is 667. The van der Waals surface area contributed by atoms with Gasteiger partial charge in [0.15, 0.2) is 6.61 Å².